The minimum atomic E-state index is 0.404. The van der Waals surface area contributed by atoms with Gasteiger partial charge in [-0.15, -0.1) is 0 Å². The van der Waals surface area contributed by atoms with Crippen molar-refractivity contribution in [2.45, 2.75) is 47.1 Å². The van der Waals surface area contributed by atoms with Crippen LogP contribution in [-0.2, 0) is 0 Å². The molecule has 0 saturated heterocycles. The van der Waals surface area contributed by atoms with Gasteiger partial charge in [-0.05, 0) is 49.9 Å². The normalized spacial score (nSPS) is 45.4. The van der Waals surface area contributed by atoms with E-state index in [1.54, 1.807) is 11.1 Å². The van der Waals surface area contributed by atoms with Gasteiger partial charge in [0.2, 0.25) is 0 Å². The Kier molecular flexibility index (Phi) is 2.70. The summed E-state index contributed by atoms with van der Waals surface area (Å²) in [4.78, 5) is 0. The van der Waals surface area contributed by atoms with Gasteiger partial charge in [-0.2, -0.15) is 0 Å². The van der Waals surface area contributed by atoms with Crippen LogP contribution in [0.5, 0.6) is 0 Å². The van der Waals surface area contributed by atoms with E-state index in [4.69, 9.17) is 5.73 Å². The van der Waals surface area contributed by atoms with Crippen molar-refractivity contribution < 1.29 is 0 Å². The monoisotopic (exact) mass is 207 g/mol. The van der Waals surface area contributed by atoms with Crippen molar-refractivity contribution in [3.05, 3.63) is 11.1 Å². The Hall–Kier alpha value is -0.300. The van der Waals surface area contributed by atoms with Crippen LogP contribution in [0.3, 0.4) is 0 Å². The van der Waals surface area contributed by atoms with E-state index in [1.165, 1.54) is 6.42 Å². The Labute approximate surface area is 94.1 Å². The lowest BCUT2D eigenvalue weighted by molar-refractivity contribution is 0.124. The molecular formula is C14H25N. The van der Waals surface area contributed by atoms with Crippen LogP contribution in [0.4, 0.5) is 0 Å². The van der Waals surface area contributed by atoms with Crippen molar-refractivity contribution in [2.24, 2.45) is 35.3 Å². The quantitative estimate of drug-likeness (QED) is 0.656. The SMILES string of the molecule is CC1=C(C)[C@H]2[C@H](N)[C@@H]1[C@H](C(C)C)C[C@@H]2C. The second-order valence-corrected chi connectivity index (χ2v) is 6.12. The highest BCUT2D eigenvalue weighted by Crippen LogP contribution is 2.52. The lowest BCUT2D eigenvalue weighted by atomic mass is 9.65. The van der Waals surface area contributed by atoms with Crippen molar-refractivity contribution in [3.63, 3.8) is 0 Å². The average molecular weight is 207 g/mol. The first-order valence-corrected chi connectivity index (χ1v) is 6.38. The molecule has 1 nitrogen and oxygen atoms in total. The maximum atomic E-state index is 6.44. The van der Waals surface area contributed by atoms with Crippen LogP contribution in [0.15, 0.2) is 11.1 Å². The van der Waals surface area contributed by atoms with Gasteiger partial charge in [0, 0.05) is 6.04 Å². The molecule has 0 heterocycles. The molecule has 86 valence electrons. The molecule has 0 amide bonds. The Morgan fingerprint density at radius 2 is 1.67 bits per heavy atom. The van der Waals surface area contributed by atoms with Crippen molar-refractivity contribution >= 4 is 0 Å². The molecule has 0 aromatic heterocycles. The first kappa shape index (κ1) is 11.2. The molecule has 0 aromatic rings. The van der Waals surface area contributed by atoms with Crippen LogP contribution < -0.4 is 5.73 Å². The van der Waals surface area contributed by atoms with Gasteiger partial charge in [0.05, 0.1) is 0 Å². The summed E-state index contributed by atoms with van der Waals surface area (Å²) in [6, 6.07) is 0.404. The summed E-state index contributed by atoms with van der Waals surface area (Å²) >= 11 is 0. The summed E-state index contributed by atoms with van der Waals surface area (Å²) in [6.45, 7) is 11.7. The molecule has 0 spiro atoms. The molecule has 2 N–H and O–H groups in total. The van der Waals surface area contributed by atoms with E-state index in [-0.39, 0.29) is 0 Å². The number of hydrogen-bond donors (Lipinski definition) is 1. The van der Waals surface area contributed by atoms with Crippen LogP contribution in [-0.4, -0.2) is 6.04 Å². The van der Waals surface area contributed by atoms with Gasteiger partial charge in [-0.3, -0.25) is 0 Å². The molecule has 2 aliphatic carbocycles. The number of rotatable bonds is 1. The molecule has 2 rings (SSSR count). The minimum Gasteiger partial charge on any atom is -0.327 e. The van der Waals surface area contributed by atoms with E-state index in [1.807, 2.05) is 0 Å². The number of hydrogen-bond acceptors (Lipinski definition) is 1. The third kappa shape index (κ3) is 1.47. The molecule has 0 unspecified atom stereocenters. The van der Waals surface area contributed by atoms with Crippen molar-refractivity contribution in [3.8, 4) is 0 Å². The molecule has 2 aliphatic rings. The highest BCUT2D eigenvalue weighted by atomic mass is 14.7. The zero-order valence-electron chi connectivity index (χ0n) is 10.7. The summed E-state index contributed by atoms with van der Waals surface area (Å²) in [6.07, 6.45) is 1.37. The van der Waals surface area contributed by atoms with Gasteiger partial charge in [-0.25, -0.2) is 0 Å². The van der Waals surface area contributed by atoms with E-state index < -0.39 is 0 Å². The van der Waals surface area contributed by atoms with E-state index in [0.717, 1.165) is 17.8 Å². The molecule has 5 atom stereocenters. The van der Waals surface area contributed by atoms with Gasteiger partial charge >= 0.3 is 0 Å². The van der Waals surface area contributed by atoms with Gasteiger partial charge in [0.1, 0.15) is 0 Å². The second-order valence-electron chi connectivity index (χ2n) is 6.12. The van der Waals surface area contributed by atoms with E-state index in [9.17, 15) is 0 Å². The van der Waals surface area contributed by atoms with Gasteiger partial charge in [0.15, 0.2) is 0 Å². The van der Waals surface area contributed by atoms with Crippen LogP contribution >= 0.6 is 0 Å². The fourth-order valence-corrected chi connectivity index (χ4v) is 4.15. The average Bonchev–Trinajstić information content (AvgIpc) is 2.28. The first-order chi connectivity index (χ1) is 6.95. The van der Waals surface area contributed by atoms with Crippen LogP contribution in [0, 0.1) is 29.6 Å². The Bertz CT molecular complexity index is 290. The number of fused-ring (bicyclic) bond motifs is 2. The van der Waals surface area contributed by atoms with Crippen molar-refractivity contribution in [2.75, 3.05) is 0 Å². The highest BCUT2D eigenvalue weighted by molar-refractivity contribution is 5.30. The molecular weight excluding hydrogens is 182 g/mol. The molecule has 15 heavy (non-hydrogen) atoms. The largest absolute Gasteiger partial charge is 0.327 e. The predicted molar refractivity (Wildman–Crippen MR) is 65.4 cm³/mol. The van der Waals surface area contributed by atoms with Gasteiger partial charge in [-0.1, -0.05) is 31.9 Å². The molecule has 0 aliphatic heterocycles. The van der Waals surface area contributed by atoms with Crippen molar-refractivity contribution in [1.82, 2.24) is 0 Å². The zero-order valence-corrected chi connectivity index (χ0v) is 10.7. The Morgan fingerprint density at radius 3 is 2.20 bits per heavy atom. The second kappa shape index (κ2) is 3.62. The zero-order chi connectivity index (χ0) is 11.3. The molecule has 2 bridgehead atoms. The molecule has 1 heteroatoms. The summed E-state index contributed by atoms with van der Waals surface area (Å²) < 4.78 is 0. The third-order valence-electron chi connectivity index (χ3n) is 5.03. The summed E-state index contributed by atoms with van der Waals surface area (Å²) in [5.41, 5.74) is 9.65. The van der Waals surface area contributed by atoms with Crippen LogP contribution in [0.2, 0.25) is 0 Å². The summed E-state index contributed by atoms with van der Waals surface area (Å²) in [7, 11) is 0. The highest BCUT2D eigenvalue weighted by Gasteiger charge is 2.48. The van der Waals surface area contributed by atoms with E-state index >= 15 is 0 Å². The topological polar surface area (TPSA) is 26.0 Å². The fraction of sp³-hybridized carbons (Fsp3) is 0.857. The van der Waals surface area contributed by atoms with Crippen LogP contribution in [0.1, 0.15) is 41.0 Å². The fourth-order valence-electron chi connectivity index (χ4n) is 4.15. The standard InChI is InChI=1S/C14H25N/c1-7(2)11-6-8(3)12-9(4)10(5)13(11)14(12)15/h7-8,11-14H,6,15H2,1-5H3/t8-,11-,12-,13-,14-/m0/s1. The first-order valence-electron chi connectivity index (χ1n) is 6.38. The Morgan fingerprint density at radius 1 is 1.13 bits per heavy atom. The molecule has 0 radical (unpaired) electrons. The number of nitrogens with two attached hydrogens (primary N) is 1. The lowest BCUT2D eigenvalue weighted by Crippen LogP contribution is -2.46. The van der Waals surface area contributed by atoms with Gasteiger partial charge < -0.3 is 5.73 Å². The summed E-state index contributed by atoms with van der Waals surface area (Å²) in [5, 5.41) is 0. The van der Waals surface area contributed by atoms with Crippen LogP contribution in [0.25, 0.3) is 0 Å². The smallest absolute Gasteiger partial charge is 0.0176 e. The van der Waals surface area contributed by atoms with Crippen molar-refractivity contribution in [1.29, 1.82) is 0 Å². The van der Waals surface area contributed by atoms with E-state index in [2.05, 4.69) is 34.6 Å². The maximum absolute atomic E-state index is 6.44. The molecule has 0 aromatic carbocycles. The molecule has 1 saturated carbocycles. The Balaban J connectivity index is 2.37. The minimum absolute atomic E-state index is 0.404. The maximum Gasteiger partial charge on any atom is 0.0176 e. The van der Waals surface area contributed by atoms with Gasteiger partial charge in [0.25, 0.3) is 0 Å². The lowest BCUT2D eigenvalue weighted by Gasteiger charge is -2.42. The summed E-state index contributed by atoms with van der Waals surface area (Å²) in [5.74, 6) is 3.70. The third-order valence-corrected chi connectivity index (χ3v) is 5.03. The van der Waals surface area contributed by atoms with E-state index in [0.29, 0.717) is 17.9 Å². The predicted octanol–water partition coefficient (Wildman–Crippen LogP) is 3.21. The molecule has 1 fully saturated rings.